The number of aliphatic hydroxyl groups excluding tert-OH is 1. The van der Waals surface area contributed by atoms with Gasteiger partial charge in [0.15, 0.2) is 0 Å². The van der Waals surface area contributed by atoms with E-state index in [2.05, 4.69) is 5.32 Å². The SMILES string of the molecule is O=C(CCNCC(O)COCC1CC1)N1CCCC1. The number of aliphatic hydroxyl groups is 1. The molecule has 19 heavy (non-hydrogen) atoms. The van der Waals surface area contributed by atoms with E-state index in [9.17, 15) is 9.90 Å². The van der Waals surface area contributed by atoms with Crippen molar-refractivity contribution in [1.82, 2.24) is 10.2 Å². The minimum absolute atomic E-state index is 0.226. The number of hydrogen-bond donors (Lipinski definition) is 2. The fourth-order valence-electron chi connectivity index (χ4n) is 2.30. The molecule has 1 atom stereocenters. The molecule has 0 spiro atoms. The van der Waals surface area contributed by atoms with Crippen molar-refractivity contribution in [2.24, 2.45) is 5.92 Å². The quantitative estimate of drug-likeness (QED) is 0.595. The molecule has 0 aromatic rings. The average Bonchev–Trinajstić information content (AvgIpc) is 3.06. The molecule has 1 aliphatic heterocycles. The number of nitrogens with zero attached hydrogens (tertiary/aromatic N) is 1. The van der Waals surface area contributed by atoms with Crippen molar-refractivity contribution < 1.29 is 14.6 Å². The highest BCUT2D eigenvalue weighted by Crippen LogP contribution is 2.28. The molecule has 1 saturated carbocycles. The van der Waals surface area contributed by atoms with Gasteiger partial charge in [0.1, 0.15) is 0 Å². The van der Waals surface area contributed by atoms with Gasteiger partial charge in [0.25, 0.3) is 0 Å². The van der Waals surface area contributed by atoms with E-state index >= 15 is 0 Å². The highest BCUT2D eigenvalue weighted by Gasteiger charge is 2.21. The van der Waals surface area contributed by atoms with Gasteiger partial charge in [0.05, 0.1) is 12.7 Å². The smallest absolute Gasteiger partial charge is 0.223 e. The Hall–Kier alpha value is -0.650. The largest absolute Gasteiger partial charge is 0.389 e. The number of ether oxygens (including phenoxy) is 1. The fourth-order valence-corrected chi connectivity index (χ4v) is 2.30. The van der Waals surface area contributed by atoms with Crippen molar-refractivity contribution in [3.63, 3.8) is 0 Å². The number of nitrogens with one attached hydrogen (secondary N) is 1. The van der Waals surface area contributed by atoms with Crippen molar-refractivity contribution in [2.45, 2.75) is 38.2 Å². The van der Waals surface area contributed by atoms with E-state index < -0.39 is 6.10 Å². The highest BCUT2D eigenvalue weighted by atomic mass is 16.5. The van der Waals surface area contributed by atoms with Crippen molar-refractivity contribution in [2.75, 3.05) is 39.4 Å². The minimum atomic E-state index is -0.472. The Morgan fingerprint density at radius 2 is 2.11 bits per heavy atom. The molecule has 1 aliphatic carbocycles. The molecule has 0 bridgehead atoms. The predicted octanol–water partition coefficient (Wildman–Crippen LogP) is 0.376. The molecule has 0 aromatic heterocycles. The highest BCUT2D eigenvalue weighted by molar-refractivity contribution is 5.76. The Morgan fingerprint density at radius 1 is 1.37 bits per heavy atom. The molecular formula is C14H26N2O3. The maximum absolute atomic E-state index is 11.7. The Bertz CT molecular complexity index is 276. The zero-order valence-electron chi connectivity index (χ0n) is 11.6. The monoisotopic (exact) mass is 270 g/mol. The van der Waals surface area contributed by atoms with Gasteiger partial charge in [-0.15, -0.1) is 0 Å². The molecule has 1 unspecified atom stereocenters. The minimum Gasteiger partial charge on any atom is -0.389 e. The summed E-state index contributed by atoms with van der Waals surface area (Å²) in [4.78, 5) is 13.7. The van der Waals surface area contributed by atoms with Gasteiger partial charge in [-0.1, -0.05) is 0 Å². The van der Waals surface area contributed by atoms with E-state index in [4.69, 9.17) is 4.74 Å². The van der Waals surface area contributed by atoms with Crippen molar-refractivity contribution in [3.8, 4) is 0 Å². The van der Waals surface area contributed by atoms with Gasteiger partial charge in [-0.3, -0.25) is 4.79 Å². The lowest BCUT2D eigenvalue weighted by Gasteiger charge is -2.16. The van der Waals surface area contributed by atoms with Gasteiger partial charge in [-0.05, 0) is 31.6 Å². The normalized spacial score (nSPS) is 20.8. The molecule has 5 heteroatoms. The van der Waals surface area contributed by atoms with Crippen LogP contribution in [0.1, 0.15) is 32.1 Å². The summed E-state index contributed by atoms with van der Waals surface area (Å²) in [7, 11) is 0. The first-order valence-corrected chi connectivity index (χ1v) is 7.50. The number of carbonyl (C=O) groups is 1. The summed E-state index contributed by atoms with van der Waals surface area (Å²) in [5.74, 6) is 0.961. The zero-order valence-corrected chi connectivity index (χ0v) is 11.6. The van der Waals surface area contributed by atoms with Crippen LogP contribution in [-0.4, -0.2) is 61.4 Å². The van der Waals surface area contributed by atoms with E-state index in [0.29, 0.717) is 26.1 Å². The summed E-state index contributed by atoms with van der Waals surface area (Å²) in [6.07, 6.45) is 4.86. The van der Waals surface area contributed by atoms with Crippen LogP contribution in [0.4, 0.5) is 0 Å². The summed E-state index contributed by atoms with van der Waals surface area (Å²) < 4.78 is 5.41. The average molecular weight is 270 g/mol. The second kappa shape index (κ2) is 7.82. The molecule has 1 saturated heterocycles. The van der Waals surface area contributed by atoms with Crippen LogP contribution in [0.15, 0.2) is 0 Å². The maximum atomic E-state index is 11.7. The lowest BCUT2D eigenvalue weighted by Crippen LogP contribution is -2.34. The van der Waals surface area contributed by atoms with Gasteiger partial charge >= 0.3 is 0 Å². The van der Waals surface area contributed by atoms with Crippen molar-refractivity contribution in [1.29, 1.82) is 0 Å². The Morgan fingerprint density at radius 3 is 2.79 bits per heavy atom. The maximum Gasteiger partial charge on any atom is 0.223 e. The van der Waals surface area contributed by atoms with E-state index in [-0.39, 0.29) is 5.91 Å². The van der Waals surface area contributed by atoms with E-state index in [1.54, 1.807) is 0 Å². The Labute approximate surface area is 115 Å². The van der Waals surface area contributed by atoms with Crippen LogP contribution in [0.25, 0.3) is 0 Å². The van der Waals surface area contributed by atoms with Crippen LogP contribution >= 0.6 is 0 Å². The molecule has 2 fully saturated rings. The lowest BCUT2D eigenvalue weighted by molar-refractivity contribution is -0.130. The van der Waals surface area contributed by atoms with Crippen LogP contribution in [0.3, 0.4) is 0 Å². The van der Waals surface area contributed by atoms with Crippen LogP contribution in [-0.2, 0) is 9.53 Å². The lowest BCUT2D eigenvalue weighted by atomic mass is 10.3. The van der Waals surface area contributed by atoms with Gasteiger partial charge in [-0.2, -0.15) is 0 Å². The summed E-state index contributed by atoms with van der Waals surface area (Å²) in [6, 6.07) is 0. The molecule has 2 N–H and O–H groups in total. The molecule has 5 nitrogen and oxygen atoms in total. The molecule has 2 rings (SSSR count). The van der Waals surface area contributed by atoms with Gasteiger partial charge in [0, 0.05) is 39.2 Å². The number of hydrogen-bond acceptors (Lipinski definition) is 4. The van der Waals surface area contributed by atoms with Gasteiger partial charge < -0.3 is 20.1 Å². The van der Waals surface area contributed by atoms with E-state index in [1.807, 2.05) is 4.90 Å². The van der Waals surface area contributed by atoms with E-state index in [1.165, 1.54) is 12.8 Å². The summed E-state index contributed by atoms with van der Waals surface area (Å²) >= 11 is 0. The topological polar surface area (TPSA) is 61.8 Å². The molecule has 0 radical (unpaired) electrons. The first-order chi connectivity index (χ1) is 9.25. The first-order valence-electron chi connectivity index (χ1n) is 7.50. The summed E-state index contributed by atoms with van der Waals surface area (Å²) in [6.45, 7) is 4.13. The second-order valence-electron chi connectivity index (χ2n) is 5.68. The number of carbonyl (C=O) groups excluding carboxylic acids is 1. The van der Waals surface area contributed by atoms with Gasteiger partial charge in [-0.25, -0.2) is 0 Å². The number of rotatable bonds is 9. The van der Waals surface area contributed by atoms with Crippen LogP contribution in [0.5, 0.6) is 0 Å². The Kier molecular flexibility index (Phi) is 6.07. The van der Waals surface area contributed by atoms with Crippen LogP contribution < -0.4 is 5.32 Å². The third-order valence-corrected chi connectivity index (χ3v) is 3.72. The standard InChI is InChI=1S/C14H26N2O3/c17-13(11-19-10-12-3-4-12)9-15-6-5-14(18)16-7-1-2-8-16/h12-13,15,17H,1-11H2. The first kappa shape index (κ1) is 14.8. The zero-order chi connectivity index (χ0) is 13.5. The third kappa shape index (κ3) is 5.89. The fraction of sp³-hybridized carbons (Fsp3) is 0.929. The molecular weight excluding hydrogens is 244 g/mol. The summed E-state index contributed by atoms with van der Waals surface area (Å²) in [5, 5.41) is 12.8. The Balaban J connectivity index is 1.42. The molecule has 1 amide bonds. The van der Waals surface area contributed by atoms with Crippen molar-refractivity contribution >= 4 is 5.91 Å². The molecule has 1 heterocycles. The summed E-state index contributed by atoms with van der Waals surface area (Å²) in [5.41, 5.74) is 0. The van der Waals surface area contributed by atoms with Crippen LogP contribution in [0, 0.1) is 5.92 Å². The predicted molar refractivity (Wildman–Crippen MR) is 72.9 cm³/mol. The van der Waals surface area contributed by atoms with Gasteiger partial charge in [0.2, 0.25) is 5.91 Å². The molecule has 2 aliphatic rings. The van der Waals surface area contributed by atoms with E-state index in [0.717, 1.165) is 38.5 Å². The molecule has 0 aromatic carbocycles. The van der Waals surface area contributed by atoms with Crippen molar-refractivity contribution in [3.05, 3.63) is 0 Å². The molecule has 110 valence electrons. The van der Waals surface area contributed by atoms with Crippen LogP contribution in [0.2, 0.25) is 0 Å². The number of likely N-dealkylation sites (tertiary alicyclic amines) is 1. The number of amides is 1. The third-order valence-electron chi connectivity index (χ3n) is 3.72. The second-order valence-corrected chi connectivity index (χ2v) is 5.68.